The van der Waals surface area contributed by atoms with Gasteiger partial charge in [0.25, 0.3) is 5.91 Å². The molecule has 1 aliphatic rings. The normalized spacial score (nSPS) is 18.0. The van der Waals surface area contributed by atoms with Crippen LogP contribution in [-0.4, -0.2) is 38.0 Å². The van der Waals surface area contributed by atoms with E-state index < -0.39 is 0 Å². The monoisotopic (exact) mass is 328 g/mol. The summed E-state index contributed by atoms with van der Waals surface area (Å²) in [7, 11) is 1.76. The Kier molecular flexibility index (Phi) is 3.30. The first-order valence-corrected chi connectivity index (χ1v) is 8.39. The molecule has 4 rings (SSSR count). The lowest BCUT2D eigenvalue weighted by atomic mass is 10.2. The SMILES string of the molecule is Cn1c(=O)n([C@H]2CCN(C(=O)c3cccs3)C2)c2ncccc21. The highest BCUT2D eigenvalue weighted by Crippen LogP contribution is 2.25. The van der Waals surface area contributed by atoms with Crippen LogP contribution in [0.4, 0.5) is 0 Å². The van der Waals surface area contributed by atoms with Gasteiger partial charge >= 0.3 is 5.69 Å². The number of pyridine rings is 1. The lowest BCUT2D eigenvalue weighted by Gasteiger charge is -2.16. The molecule has 118 valence electrons. The molecule has 6 nitrogen and oxygen atoms in total. The average molecular weight is 328 g/mol. The van der Waals surface area contributed by atoms with Crippen molar-refractivity contribution in [2.45, 2.75) is 12.5 Å². The van der Waals surface area contributed by atoms with Gasteiger partial charge in [-0.3, -0.25) is 13.9 Å². The van der Waals surface area contributed by atoms with Gasteiger partial charge in [-0.2, -0.15) is 0 Å². The highest BCUT2D eigenvalue weighted by molar-refractivity contribution is 7.12. The lowest BCUT2D eigenvalue weighted by molar-refractivity contribution is 0.0792. The van der Waals surface area contributed by atoms with E-state index in [9.17, 15) is 9.59 Å². The highest BCUT2D eigenvalue weighted by atomic mass is 32.1. The lowest BCUT2D eigenvalue weighted by Crippen LogP contribution is -2.31. The molecule has 3 aromatic rings. The summed E-state index contributed by atoms with van der Waals surface area (Å²) in [5.74, 6) is 0.0451. The van der Waals surface area contributed by atoms with Crippen LogP contribution in [0.15, 0.2) is 40.6 Å². The third kappa shape index (κ3) is 2.19. The molecule has 0 spiro atoms. The van der Waals surface area contributed by atoms with Crippen LogP contribution in [-0.2, 0) is 7.05 Å². The van der Waals surface area contributed by atoms with Crippen LogP contribution >= 0.6 is 11.3 Å². The molecule has 0 unspecified atom stereocenters. The molecule has 1 aliphatic heterocycles. The summed E-state index contributed by atoms with van der Waals surface area (Å²) >= 11 is 1.45. The van der Waals surface area contributed by atoms with Crippen molar-refractivity contribution in [1.82, 2.24) is 19.0 Å². The number of amides is 1. The molecule has 0 N–H and O–H groups in total. The number of rotatable bonds is 2. The van der Waals surface area contributed by atoms with Gasteiger partial charge in [0.15, 0.2) is 5.65 Å². The van der Waals surface area contributed by atoms with E-state index in [0.29, 0.717) is 18.7 Å². The topological polar surface area (TPSA) is 60.1 Å². The predicted octanol–water partition coefficient (Wildman–Crippen LogP) is 1.88. The van der Waals surface area contributed by atoms with Gasteiger partial charge in [0.05, 0.1) is 16.4 Å². The Balaban J connectivity index is 1.67. The molecular weight excluding hydrogens is 312 g/mol. The van der Waals surface area contributed by atoms with Crippen LogP contribution in [0.3, 0.4) is 0 Å². The molecule has 1 atom stereocenters. The Morgan fingerprint density at radius 2 is 2.22 bits per heavy atom. The van der Waals surface area contributed by atoms with E-state index in [4.69, 9.17) is 0 Å². The molecule has 0 aromatic carbocycles. The molecule has 4 heterocycles. The summed E-state index contributed by atoms with van der Waals surface area (Å²) < 4.78 is 3.35. The van der Waals surface area contributed by atoms with Gasteiger partial charge in [0.2, 0.25) is 0 Å². The number of hydrogen-bond donors (Lipinski definition) is 0. The summed E-state index contributed by atoms with van der Waals surface area (Å²) in [5.41, 5.74) is 1.44. The molecule has 1 saturated heterocycles. The number of carbonyl (C=O) groups is 1. The fourth-order valence-electron chi connectivity index (χ4n) is 3.21. The molecule has 0 saturated carbocycles. The van der Waals surface area contributed by atoms with Gasteiger partial charge in [-0.1, -0.05) is 6.07 Å². The summed E-state index contributed by atoms with van der Waals surface area (Å²) in [4.78, 5) is 32.0. The van der Waals surface area contributed by atoms with Crippen LogP contribution in [0, 0.1) is 0 Å². The number of nitrogens with zero attached hydrogens (tertiary/aromatic N) is 4. The van der Waals surface area contributed by atoms with Crippen LogP contribution in [0.5, 0.6) is 0 Å². The minimum Gasteiger partial charge on any atom is -0.336 e. The Bertz CT molecular complexity index is 925. The van der Waals surface area contributed by atoms with Crippen molar-refractivity contribution in [2.75, 3.05) is 13.1 Å². The maximum absolute atomic E-state index is 12.6. The molecule has 0 radical (unpaired) electrons. The van der Waals surface area contributed by atoms with Crippen molar-refractivity contribution in [3.63, 3.8) is 0 Å². The minimum absolute atomic E-state index is 0.0231. The van der Waals surface area contributed by atoms with E-state index >= 15 is 0 Å². The highest BCUT2D eigenvalue weighted by Gasteiger charge is 2.31. The number of hydrogen-bond acceptors (Lipinski definition) is 4. The van der Waals surface area contributed by atoms with Crippen LogP contribution in [0.1, 0.15) is 22.1 Å². The van der Waals surface area contributed by atoms with Crippen molar-refractivity contribution in [3.05, 3.63) is 51.2 Å². The first-order valence-electron chi connectivity index (χ1n) is 7.51. The van der Waals surface area contributed by atoms with Crippen molar-refractivity contribution in [3.8, 4) is 0 Å². The van der Waals surface area contributed by atoms with Crippen LogP contribution in [0.25, 0.3) is 11.2 Å². The maximum Gasteiger partial charge on any atom is 0.330 e. The Morgan fingerprint density at radius 1 is 1.35 bits per heavy atom. The van der Waals surface area contributed by atoms with Crippen molar-refractivity contribution in [2.24, 2.45) is 7.05 Å². The second-order valence-electron chi connectivity index (χ2n) is 5.73. The molecule has 0 aliphatic carbocycles. The minimum atomic E-state index is -0.0749. The van der Waals surface area contributed by atoms with Crippen LogP contribution < -0.4 is 5.69 Å². The zero-order valence-electron chi connectivity index (χ0n) is 12.7. The number of likely N-dealkylation sites (tertiary alicyclic amines) is 1. The van der Waals surface area contributed by atoms with Gasteiger partial charge in [0, 0.05) is 26.3 Å². The Morgan fingerprint density at radius 3 is 3.00 bits per heavy atom. The van der Waals surface area contributed by atoms with Gasteiger partial charge < -0.3 is 4.90 Å². The molecule has 1 amide bonds. The predicted molar refractivity (Wildman–Crippen MR) is 88.9 cm³/mol. The van der Waals surface area contributed by atoms with Crippen LogP contribution in [0.2, 0.25) is 0 Å². The van der Waals surface area contributed by atoms with Crippen molar-refractivity contribution < 1.29 is 4.79 Å². The van der Waals surface area contributed by atoms with E-state index in [-0.39, 0.29) is 17.6 Å². The van der Waals surface area contributed by atoms with E-state index in [0.717, 1.165) is 16.8 Å². The first kappa shape index (κ1) is 14.2. The third-order valence-electron chi connectivity index (χ3n) is 4.40. The van der Waals surface area contributed by atoms with E-state index in [2.05, 4.69) is 4.98 Å². The smallest absolute Gasteiger partial charge is 0.330 e. The van der Waals surface area contributed by atoms with E-state index in [1.807, 2.05) is 34.5 Å². The standard InChI is InChI=1S/C16H16N4O2S/c1-18-12-4-2-7-17-14(12)20(16(18)22)11-6-8-19(10-11)15(21)13-5-3-9-23-13/h2-5,7,9,11H,6,8,10H2,1H3/t11-/m0/s1. The van der Waals surface area contributed by atoms with Gasteiger partial charge in [-0.05, 0) is 30.0 Å². The number of fused-ring (bicyclic) bond motifs is 1. The number of thiophene rings is 1. The number of aromatic nitrogens is 3. The zero-order chi connectivity index (χ0) is 16.0. The molecular formula is C16H16N4O2S. The summed E-state index contributed by atoms with van der Waals surface area (Å²) in [6.07, 6.45) is 2.47. The molecule has 0 bridgehead atoms. The van der Waals surface area contributed by atoms with Crippen molar-refractivity contribution >= 4 is 28.4 Å². The number of carbonyl (C=O) groups excluding carboxylic acids is 1. The second-order valence-corrected chi connectivity index (χ2v) is 6.68. The second kappa shape index (κ2) is 5.34. The third-order valence-corrected chi connectivity index (χ3v) is 5.25. The molecule has 3 aromatic heterocycles. The Labute approximate surface area is 136 Å². The van der Waals surface area contributed by atoms with Gasteiger partial charge in [-0.15, -0.1) is 11.3 Å². The summed E-state index contributed by atoms with van der Waals surface area (Å²) in [6, 6.07) is 7.42. The van der Waals surface area contributed by atoms with E-state index in [1.54, 1.807) is 22.4 Å². The first-order chi connectivity index (χ1) is 11.2. The quantitative estimate of drug-likeness (QED) is 0.722. The Hall–Kier alpha value is -2.41. The fourth-order valence-corrected chi connectivity index (χ4v) is 3.90. The van der Waals surface area contributed by atoms with Gasteiger partial charge in [0.1, 0.15) is 0 Å². The average Bonchev–Trinajstić information content (AvgIpc) is 3.29. The number of imidazole rings is 1. The van der Waals surface area contributed by atoms with Crippen molar-refractivity contribution in [1.29, 1.82) is 0 Å². The maximum atomic E-state index is 12.6. The number of aryl methyl sites for hydroxylation is 1. The fraction of sp³-hybridized carbons (Fsp3) is 0.312. The molecule has 7 heteroatoms. The molecule has 23 heavy (non-hydrogen) atoms. The summed E-state index contributed by atoms with van der Waals surface area (Å²) in [5, 5.41) is 1.90. The van der Waals surface area contributed by atoms with Gasteiger partial charge in [-0.25, -0.2) is 9.78 Å². The molecule has 1 fully saturated rings. The largest absolute Gasteiger partial charge is 0.336 e. The summed E-state index contributed by atoms with van der Waals surface area (Å²) in [6.45, 7) is 1.21. The zero-order valence-corrected chi connectivity index (χ0v) is 13.5. The van der Waals surface area contributed by atoms with E-state index in [1.165, 1.54) is 11.3 Å².